The summed E-state index contributed by atoms with van der Waals surface area (Å²) in [4.78, 5) is 2.54. The Morgan fingerprint density at radius 1 is 1.21 bits per heavy atom. The Bertz CT molecular complexity index is 364. The molecule has 1 aliphatic rings. The summed E-state index contributed by atoms with van der Waals surface area (Å²) in [6.07, 6.45) is 3.04. The maximum Gasteiger partial charge on any atom is 0.0383 e. The topological polar surface area (TPSA) is 15.3 Å². The molecule has 1 aromatic rings. The van der Waals surface area contributed by atoms with E-state index >= 15 is 0 Å². The molecule has 1 aromatic carbocycles. The van der Waals surface area contributed by atoms with Gasteiger partial charge in [0.15, 0.2) is 0 Å². The smallest absolute Gasteiger partial charge is 0.0383 e. The van der Waals surface area contributed by atoms with Crippen LogP contribution in [0.2, 0.25) is 0 Å². The fourth-order valence-electron chi connectivity index (χ4n) is 2.33. The average molecular weight is 368 g/mol. The molecule has 1 heterocycles. The highest BCUT2D eigenvalue weighted by atomic mass is 79.9. The van der Waals surface area contributed by atoms with Crippen LogP contribution < -0.4 is 5.32 Å². The van der Waals surface area contributed by atoms with Gasteiger partial charge in [0, 0.05) is 36.7 Å². The Morgan fingerprint density at radius 3 is 2.32 bits per heavy atom. The number of rotatable bonds is 4. The Labute approximate surface area is 136 Å². The fraction of sp³-hybridized carbons (Fsp3) is 0.429. The molecule has 1 atom stereocenters. The van der Waals surface area contributed by atoms with Crippen molar-refractivity contribution in [1.29, 1.82) is 0 Å². The van der Waals surface area contributed by atoms with E-state index in [4.69, 9.17) is 0 Å². The number of hydrogen-bond acceptors (Lipinski definition) is 2. The second kappa shape index (κ2) is 9.78. The van der Waals surface area contributed by atoms with Gasteiger partial charge in [0.1, 0.15) is 0 Å². The highest BCUT2D eigenvalue weighted by molar-refractivity contribution is 9.10. The van der Waals surface area contributed by atoms with Gasteiger partial charge < -0.3 is 5.32 Å². The Morgan fingerprint density at radius 2 is 1.79 bits per heavy atom. The molecule has 1 saturated heterocycles. The SMILES string of the molecule is C=CC[C@@H](c1ccc(Br)cc1)N1CCNCC1.Cl.Cl. The lowest BCUT2D eigenvalue weighted by Gasteiger charge is -2.34. The number of piperazine rings is 1. The first-order valence-corrected chi connectivity index (χ1v) is 6.91. The fourth-order valence-corrected chi connectivity index (χ4v) is 2.60. The van der Waals surface area contributed by atoms with Crippen LogP contribution in [0.3, 0.4) is 0 Å². The van der Waals surface area contributed by atoms with Crippen LogP contribution in [0, 0.1) is 0 Å². The van der Waals surface area contributed by atoms with Gasteiger partial charge in [-0.3, -0.25) is 4.90 Å². The summed E-state index contributed by atoms with van der Waals surface area (Å²) in [5.74, 6) is 0. The molecule has 108 valence electrons. The third kappa shape index (κ3) is 5.44. The number of hydrogen-bond donors (Lipinski definition) is 1. The molecular formula is C14H21BrCl2N2. The zero-order chi connectivity index (χ0) is 12.1. The van der Waals surface area contributed by atoms with E-state index in [1.807, 2.05) is 6.08 Å². The molecule has 2 rings (SSSR count). The van der Waals surface area contributed by atoms with Gasteiger partial charge in [-0.1, -0.05) is 34.1 Å². The van der Waals surface area contributed by atoms with Gasteiger partial charge in [-0.25, -0.2) is 0 Å². The third-order valence-corrected chi connectivity index (χ3v) is 3.77. The molecule has 19 heavy (non-hydrogen) atoms. The molecule has 0 unspecified atom stereocenters. The summed E-state index contributed by atoms with van der Waals surface area (Å²) in [5, 5.41) is 3.40. The summed E-state index contributed by atoms with van der Waals surface area (Å²) in [6, 6.07) is 9.13. The molecular weight excluding hydrogens is 347 g/mol. The van der Waals surface area contributed by atoms with Crippen molar-refractivity contribution in [2.24, 2.45) is 0 Å². The van der Waals surface area contributed by atoms with Gasteiger partial charge in [-0.2, -0.15) is 0 Å². The van der Waals surface area contributed by atoms with Gasteiger partial charge >= 0.3 is 0 Å². The number of halogens is 3. The maximum atomic E-state index is 3.89. The molecule has 1 fully saturated rings. The minimum Gasteiger partial charge on any atom is -0.314 e. The molecule has 0 radical (unpaired) electrons. The van der Waals surface area contributed by atoms with E-state index < -0.39 is 0 Å². The summed E-state index contributed by atoms with van der Waals surface area (Å²) in [7, 11) is 0. The van der Waals surface area contributed by atoms with Crippen molar-refractivity contribution >= 4 is 40.7 Å². The van der Waals surface area contributed by atoms with E-state index in [1.165, 1.54) is 5.56 Å². The molecule has 0 saturated carbocycles. The van der Waals surface area contributed by atoms with Crippen LogP contribution in [-0.2, 0) is 0 Å². The molecule has 1 N–H and O–H groups in total. The Kier molecular flexibility index (Phi) is 9.75. The summed E-state index contributed by atoms with van der Waals surface area (Å²) in [5.41, 5.74) is 1.38. The zero-order valence-electron chi connectivity index (χ0n) is 10.8. The lowest BCUT2D eigenvalue weighted by molar-refractivity contribution is 0.174. The van der Waals surface area contributed by atoms with Crippen LogP contribution in [0.5, 0.6) is 0 Å². The quantitative estimate of drug-likeness (QED) is 0.814. The Hall–Kier alpha value is -0.0600. The van der Waals surface area contributed by atoms with E-state index in [2.05, 4.69) is 57.0 Å². The predicted octanol–water partition coefficient (Wildman–Crippen LogP) is 3.82. The molecule has 0 amide bonds. The highest BCUT2D eigenvalue weighted by Crippen LogP contribution is 2.26. The molecule has 0 bridgehead atoms. The number of benzene rings is 1. The van der Waals surface area contributed by atoms with E-state index in [-0.39, 0.29) is 24.8 Å². The lowest BCUT2D eigenvalue weighted by Crippen LogP contribution is -2.45. The third-order valence-electron chi connectivity index (χ3n) is 3.24. The zero-order valence-corrected chi connectivity index (χ0v) is 14.1. The van der Waals surface area contributed by atoms with Crippen molar-refractivity contribution in [1.82, 2.24) is 10.2 Å². The van der Waals surface area contributed by atoms with Crippen molar-refractivity contribution in [3.8, 4) is 0 Å². The molecule has 1 aliphatic heterocycles. The van der Waals surface area contributed by atoms with Crippen molar-refractivity contribution < 1.29 is 0 Å². The lowest BCUT2D eigenvalue weighted by atomic mass is 10.0. The highest BCUT2D eigenvalue weighted by Gasteiger charge is 2.20. The largest absolute Gasteiger partial charge is 0.314 e. The first-order chi connectivity index (χ1) is 8.31. The van der Waals surface area contributed by atoms with E-state index in [9.17, 15) is 0 Å². The molecule has 0 aliphatic carbocycles. The molecule has 0 spiro atoms. The van der Waals surface area contributed by atoms with Crippen molar-refractivity contribution in [3.63, 3.8) is 0 Å². The summed E-state index contributed by atoms with van der Waals surface area (Å²) in [6.45, 7) is 8.30. The van der Waals surface area contributed by atoms with Crippen molar-refractivity contribution in [2.75, 3.05) is 26.2 Å². The van der Waals surface area contributed by atoms with Crippen LogP contribution in [0.1, 0.15) is 18.0 Å². The number of nitrogens with zero attached hydrogens (tertiary/aromatic N) is 1. The van der Waals surface area contributed by atoms with Gasteiger partial charge in [-0.15, -0.1) is 31.4 Å². The Balaban J connectivity index is 0.00000162. The predicted molar refractivity (Wildman–Crippen MR) is 90.6 cm³/mol. The average Bonchev–Trinajstić information content (AvgIpc) is 2.38. The maximum absolute atomic E-state index is 3.89. The second-order valence-corrected chi connectivity index (χ2v) is 5.29. The summed E-state index contributed by atoms with van der Waals surface area (Å²) < 4.78 is 1.14. The first kappa shape index (κ1) is 18.9. The monoisotopic (exact) mass is 366 g/mol. The second-order valence-electron chi connectivity index (χ2n) is 4.38. The molecule has 0 aromatic heterocycles. The van der Waals surface area contributed by atoms with Gasteiger partial charge in [0.25, 0.3) is 0 Å². The van der Waals surface area contributed by atoms with Crippen LogP contribution in [0.4, 0.5) is 0 Å². The van der Waals surface area contributed by atoms with Crippen LogP contribution in [0.15, 0.2) is 41.4 Å². The first-order valence-electron chi connectivity index (χ1n) is 6.12. The molecule has 2 nitrogen and oxygen atoms in total. The van der Waals surface area contributed by atoms with Crippen LogP contribution in [-0.4, -0.2) is 31.1 Å². The van der Waals surface area contributed by atoms with Gasteiger partial charge in [-0.05, 0) is 24.1 Å². The minimum atomic E-state index is 0. The van der Waals surface area contributed by atoms with Gasteiger partial charge in [0.05, 0.1) is 0 Å². The van der Waals surface area contributed by atoms with Crippen LogP contribution >= 0.6 is 40.7 Å². The normalized spacial score (nSPS) is 16.9. The van der Waals surface area contributed by atoms with Gasteiger partial charge in [0.2, 0.25) is 0 Å². The van der Waals surface area contributed by atoms with Crippen molar-refractivity contribution in [3.05, 3.63) is 47.0 Å². The minimum absolute atomic E-state index is 0. The van der Waals surface area contributed by atoms with E-state index in [0.717, 1.165) is 37.1 Å². The van der Waals surface area contributed by atoms with E-state index in [0.29, 0.717) is 6.04 Å². The van der Waals surface area contributed by atoms with Crippen LogP contribution in [0.25, 0.3) is 0 Å². The standard InChI is InChI=1S/C14H19BrN2.2ClH/c1-2-3-14(17-10-8-16-9-11-17)12-4-6-13(15)7-5-12;;/h2,4-7,14,16H,1,3,8-11H2;2*1H/t14-;;/m0../s1. The summed E-state index contributed by atoms with van der Waals surface area (Å²) >= 11 is 3.49. The molecule has 5 heteroatoms. The van der Waals surface area contributed by atoms with Crippen molar-refractivity contribution in [2.45, 2.75) is 12.5 Å². The number of nitrogens with one attached hydrogen (secondary N) is 1. The van der Waals surface area contributed by atoms with E-state index in [1.54, 1.807) is 0 Å².